The Labute approximate surface area is 257 Å². The highest BCUT2D eigenvalue weighted by atomic mass is 35.5. The number of hydrogen-bond donors (Lipinski definition) is 2. The number of aromatic nitrogens is 1. The number of halogens is 2. The average Bonchev–Trinajstić information content (AvgIpc) is 3.47. The van der Waals surface area contributed by atoms with Crippen molar-refractivity contribution in [1.29, 1.82) is 0 Å². The highest BCUT2D eigenvalue weighted by Gasteiger charge is 2.54. The number of rotatable bonds is 5. The Kier molecular flexibility index (Phi) is 6.65. The highest BCUT2D eigenvalue weighted by molar-refractivity contribution is 7.14. The van der Waals surface area contributed by atoms with Crippen molar-refractivity contribution in [3.05, 3.63) is 134 Å². The molecular weight excluding hydrogens is 585 g/mol. The van der Waals surface area contributed by atoms with Gasteiger partial charge in [0.15, 0.2) is 5.13 Å². The quantitative estimate of drug-likeness (QED) is 0.209. The van der Waals surface area contributed by atoms with Crippen molar-refractivity contribution in [2.24, 2.45) is 5.41 Å². The van der Waals surface area contributed by atoms with Crippen molar-refractivity contribution >= 4 is 57.2 Å². The molecule has 0 saturated carbocycles. The SMILES string of the molecule is CC1(C(=O)Nc2nc(-c3cccc(C(=O)Nc4cc(Cl)ccc4Cl)c3)cs2)CC2c3ccccc3C1c1ccccc12. The topological polar surface area (TPSA) is 71.1 Å². The largest absolute Gasteiger partial charge is 0.321 e. The van der Waals surface area contributed by atoms with Crippen LogP contribution in [0.4, 0.5) is 10.8 Å². The van der Waals surface area contributed by atoms with E-state index in [-0.39, 0.29) is 23.7 Å². The van der Waals surface area contributed by atoms with Gasteiger partial charge in [0, 0.05) is 33.4 Å². The minimum absolute atomic E-state index is 0.0301. The Bertz CT molecular complexity index is 1840. The van der Waals surface area contributed by atoms with Crippen molar-refractivity contribution in [2.45, 2.75) is 25.2 Å². The molecule has 1 heterocycles. The molecule has 5 nitrogen and oxygen atoms in total. The van der Waals surface area contributed by atoms with Gasteiger partial charge in [0.25, 0.3) is 5.91 Å². The second kappa shape index (κ2) is 10.4. The van der Waals surface area contributed by atoms with Gasteiger partial charge in [-0.25, -0.2) is 4.98 Å². The van der Waals surface area contributed by atoms with E-state index in [0.717, 1.165) is 12.0 Å². The van der Waals surface area contributed by atoms with Gasteiger partial charge >= 0.3 is 0 Å². The lowest BCUT2D eigenvalue weighted by Crippen LogP contribution is -2.47. The van der Waals surface area contributed by atoms with Crippen molar-refractivity contribution < 1.29 is 9.59 Å². The molecule has 42 heavy (non-hydrogen) atoms. The van der Waals surface area contributed by atoms with Crippen LogP contribution in [0.25, 0.3) is 11.3 Å². The zero-order chi connectivity index (χ0) is 29.0. The number of carbonyl (C=O) groups excluding carboxylic acids is 2. The standard InChI is InChI=1S/C34H25Cl2N3O2S/c1-34(17-26-22-9-2-4-11-24(22)30(34)25-12-5-3-10-23(25)26)32(41)39-33-38-29(18-42-33)19-7-6-8-20(15-19)31(40)37-28-16-21(35)13-14-27(28)36/h2-16,18,26,30H,17H2,1H3,(H,37,40)(H,38,39,41). The summed E-state index contributed by atoms with van der Waals surface area (Å²) in [6.07, 6.45) is 0.740. The predicted molar refractivity (Wildman–Crippen MR) is 170 cm³/mol. The average molecular weight is 611 g/mol. The monoisotopic (exact) mass is 609 g/mol. The van der Waals surface area contributed by atoms with Gasteiger partial charge in [-0.2, -0.15) is 0 Å². The number of fused-ring (bicyclic) bond motifs is 1. The zero-order valence-corrected chi connectivity index (χ0v) is 24.9. The van der Waals surface area contributed by atoms with Gasteiger partial charge in [-0.1, -0.05) is 83.9 Å². The van der Waals surface area contributed by atoms with Crippen LogP contribution in [0.3, 0.4) is 0 Å². The first-order valence-corrected chi connectivity index (χ1v) is 15.3. The van der Waals surface area contributed by atoms with Gasteiger partial charge in [0.2, 0.25) is 5.91 Å². The molecule has 8 heteroatoms. The Morgan fingerprint density at radius 2 is 1.55 bits per heavy atom. The normalized spacial score (nSPS) is 20.0. The number of hydrogen-bond acceptors (Lipinski definition) is 4. The summed E-state index contributed by atoms with van der Waals surface area (Å²) in [5.74, 6) is -0.197. The van der Waals surface area contributed by atoms with Crippen molar-refractivity contribution in [3.8, 4) is 11.3 Å². The van der Waals surface area contributed by atoms with Crippen LogP contribution in [0.1, 0.15) is 57.8 Å². The molecule has 1 unspecified atom stereocenters. The molecule has 2 N–H and O–H groups in total. The summed E-state index contributed by atoms with van der Waals surface area (Å²) in [6.45, 7) is 2.08. The molecule has 2 bridgehead atoms. The second-order valence-corrected chi connectivity index (χ2v) is 12.7. The smallest absolute Gasteiger partial charge is 0.255 e. The summed E-state index contributed by atoms with van der Waals surface area (Å²) < 4.78 is 0. The molecule has 8 rings (SSSR count). The molecular formula is C34H25Cl2N3O2S. The van der Waals surface area contributed by atoms with Crippen LogP contribution in [-0.4, -0.2) is 16.8 Å². The highest BCUT2D eigenvalue weighted by Crippen LogP contribution is 2.61. The fraction of sp³-hybridized carbons (Fsp3) is 0.147. The minimum atomic E-state index is -0.626. The number of anilines is 2. The molecule has 3 aliphatic rings. The Hall–Kier alpha value is -3.97. The maximum absolute atomic E-state index is 14.0. The summed E-state index contributed by atoms with van der Waals surface area (Å²) >= 11 is 13.7. The van der Waals surface area contributed by atoms with E-state index in [1.54, 1.807) is 36.4 Å². The lowest BCUT2D eigenvalue weighted by Gasteiger charge is -2.50. The van der Waals surface area contributed by atoms with Crippen molar-refractivity contribution in [2.75, 3.05) is 10.6 Å². The number of nitrogens with one attached hydrogen (secondary N) is 2. The third-order valence-corrected chi connectivity index (χ3v) is 9.79. The van der Waals surface area contributed by atoms with E-state index in [4.69, 9.17) is 28.2 Å². The molecule has 0 fully saturated rings. The molecule has 2 amide bonds. The molecule has 0 saturated heterocycles. The van der Waals surface area contributed by atoms with E-state index >= 15 is 0 Å². The van der Waals surface area contributed by atoms with Crippen LogP contribution in [0.2, 0.25) is 10.0 Å². The summed E-state index contributed by atoms with van der Waals surface area (Å²) in [6, 6.07) is 29.1. The summed E-state index contributed by atoms with van der Waals surface area (Å²) in [7, 11) is 0. The number of amides is 2. The van der Waals surface area contributed by atoms with Crippen LogP contribution in [-0.2, 0) is 4.79 Å². The van der Waals surface area contributed by atoms with E-state index in [9.17, 15) is 9.59 Å². The molecule has 0 spiro atoms. The molecule has 1 atom stereocenters. The fourth-order valence-corrected chi connectivity index (χ4v) is 7.55. The van der Waals surface area contributed by atoms with Crippen LogP contribution in [0.5, 0.6) is 0 Å². The molecule has 208 valence electrons. The second-order valence-electron chi connectivity index (χ2n) is 11.0. The number of thiazole rings is 1. The molecule has 4 aromatic carbocycles. The predicted octanol–water partition coefficient (Wildman–Crippen LogP) is 9.00. The lowest BCUT2D eigenvalue weighted by molar-refractivity contribution is -0.126. The van der Waals surface area contributed by atoms with E-state index in [1.165, 1.54) is 33.6 Å². The molecule has 1 aromatic heterocycles. The first-order valence-electron chi connectivity index (χ1n) is 13.6. The van der Waals surface area contributed by atoms with Crippen molar-refractivity contribution in [3.63, 3.8) is 0 Å². The summed E-state index contributed by atoms with van der Waals surface area (Å²) in [5, 5.41) is 9.24. The van der Waals surface area contributed by atoms with E-state index < -0.39 is 5.41 Å². The maximum atomic E-state index is 14.0. The molecule has 0 aliphatic heterocycles. The third kappa shape index (κ3) is 4.51. The van der Waals surface area contributed by atoms with Gasteiger partial charge in [-0.15, -0.1) is 11.3 Å². The number of benzene rings is 4. The Morgan fingerprint density at radius 1 is 0.857 bits per heavy atom. The summed E-state index contributed by atoms with van der Waals surface area (Å²) in [4.78, 5) is 31.7. The summed E-state index contributed by atoms with van der Waals surface area (Å²) in [5.41, 5.74) is 6.82. The number of nitrogens with zero attached hydrogens (tertiary/aromatic N) is 1. The first kappa shape index (κ1) is 26.9. The molecule has 0 radical (unpaired) electrons. The Balaban J connectivity index is 1.12. The first-order chi connectivity index (χ1) is 20.3. The molecule has 3 aliphatic carbocycles. The van der Waals surface area contributed by atoms with E-state index in [2.05, 4.69) is 66.1 Å². The third-order valence-electron chi connectivity index (χ3n) is 8.47. The van der Waals surface area contributed by atoms with Gasteiger partial charge < -0.3 is 10.6 Å². The van der Waals surface area contributed by atoms with Crippen LogP contribution < -0.4 is 10.6 Å². The van der Waals surface area contributed by atoms with E-state index in [1.807, 2.05) is 11.4 Å². The van der Waals surface area contributed by atoms with Gasteiger partial charge in [-0.3, -0.25) is 9.59 Å². The van der Waals surface area contributed by atoms with Crippen LogP contribution in [0.15, 0.2) is 96.4 Å². The number of carbonyl (C=O) groups is 2. The van der Waals surface area contributed by atoms with Crippen LogP contribution in [0, 0.1) is 5.41 Å². The Morgan fingerprint density at radius 3 is 2.26 bits per heavy atom. The van der Waals surface area contributed by atoms with E-state index in [0.29, 0.717) is 32.1 Å². The van der Waals surface area contributed by atoms with Gasteiger partial charge in [-0.05, 0) is 65.9 Å². The fourth-order valence-electron chi connectivity index (χ4n) is 6.50. The van der Waals surface area contributed by atoms with Crippen molar-refractivity contribution in [1.82, 2.24) is 4.98 Å². The lowest BCUT2D eigenvalue weighted by atomic mass is 9.52. The molecule has 5 aromatic rings. The van der Waals surface area contributed by atoms with Gasteiger partial charge in [0.05, 0.1) is 21.8 Å². The zero-order valence-electron chi connectivity index (χ0n) is 22.5. The van der Waals surface area contributed by atoms with Crippen LogP contribution >= 0.6 is 34.5 Å². The maximum Gasteiger partial charge on any atom is 0.255 e. The van der Waals surface area contributed by atoms with Gasteiger partial charge in [0.1, 0.15) is 0 Å². The minimum Gasteiger partial charge on any atom is -0.321 e.